The van der Waals surface area contributed by atoms with Crippen molar-refractivity contribution in [2.45, 2.75) is 180 Å². The van der Waals surface area contributed by atoms with Crippen LogP contribution in [-0.2, 0) is 28.2 Å². The van der Waals surface area contributed by atoms with Gasteiger partial charge in [0.15, 0.2) is 6.10 Å². The molecule has 0 aliphatic heterocycles. The Kier molecular flexibility index (Phi) is 29.9. The fourth-order valence-electron chi connectivity index (χ4n) is 4.90. The number of hydrogen-bond donors (Lipinski definition) is 2. The molecule has 0 aliphatic rings. The second kappa shape index (κ2) is 30.8. The molecule has 9 heteroatoms. The molecule has 0 radical (unpaired) electrons. The number of phosphoric ester groups is 1. The molecule has 43 heavy (non-hydrogen) atoms. The van der Waals surface area contributed by atoms with Gasteiger partial charge in [-0.3, -0.25) is 14.1 Å². The SMILES string of the molecule is CCCCCCC/C=C/CCCCCCCC(=O)OC[C@H](COP(=O)(O)O)OC(=O)CCCCCCCCCCCCC. The third-order valence-corrected chi connectivity index (χ3v) is 8.02. The zero-order valence-corrected chi connectivity index (χ0v) is 28.5. The van der Waals surface area contributed by atoms with Crippen LogP contribution < -0.4 is 0 Å². The summed E-state index contributed by atoms with van der Waals surface area (Å²) in [7, 11) is -4.74. The van der Waals surface area contributed by atoms with Crippen molar-refractivity contribution in [3.05, 3.63) is 12.2 Å². The Labute approximate surface area is 263 Å². The number of ether oxygens (including phenoxy) is 2. The summed E-state index contributed by atoms with van der Waals surface area (Å²) in [5, 5.41) is 0. The average molecular weight is 633 g/mol. The van der Waals surface area contributed by atoms with E-state index in [1.165, 1.54) is 83.5 Å². The molecule has 0 saturated carbocycles. The molecule has 8 nitrogen and oxygen atoms in total. The number of phosphoric acid groups is 1. The average Bonchev–Trinajstić information content (AvgIpc) is 2.97. The Bertz CT molecular complexity index is 721. The van der Waals surface area contributed by atoms with Crippen LogP contribution in [0.1, 0.15) is 174 Å². The van der Waals surface area contributed by atoms with Crippen molar-refractivity contribution in [3.8, 4) is 0 Å². The van der Waals surface area contributed by atoms with Crippen molar-refractivity contribution < 1.29 is 37.9 Å². The molecule has 0 rings (SSSR count). The van der Waals surface area contributed by atoms with Gasteiger partial charge in [0.1, 0.15) is 6.61 Å². The minimum atomic E-state index is -4.74. The highest BCUT2D eigenvalue weighted by Gasteiger charge is 2.22. The first kappa shape index (κ1) is 41.8. The topological polar surface area (TPSA) is 119 Å². The van der Waals surface area contributed by atoms with E-state index in [0.717, 1.165) is 51.4 Å². The number of unbranched alkanes of at least 4 members (excludes halogenated alkanes) is 20. The van der Waals surface area contributed by atoms with Gasteiger partial charge in [0.25, 0.3) is 0 Å². The Morgan fingerprint density at radius 2 is 0.977 bits per heavy atom. The van der Waals surface area contributed by atoms with Gasteiger partial charge >= 0.3 is 19.8 Å². The van der Waals surface area contributed by atoms with Crippen LogP contribution in [0.15, 0.2) is 12.2 Å². The largest absolute Gasteiger partial charge is 0.469 e. The summed E-state index contributed by atoms with van der Waals surface area (Å²) in [6.45, 7) is 3.64. The Morgan fingerprint density at radius 3 is 1.42 bits per heavy atom. The van der Waals surface area contributed by atoms with Crippen LogP contribution in [0.2, 0.25) is 0 Å². The molecule has 0 unspecified atom stereocenters. The summed E-state index contributed by atoms with van der Waals surface area (Å²) in [5.74, 6) is -0.891. The van der Waals surface area contributed by atoms with Crippen LogP contribution in [-0.4, -0.2) is 41.0 Å². The maximum atomic E-state index is 12.3. The predicted octanol–water partition coefficient (Wildman–Crippen LogP) is 9.90. The third kappa shape index (κ3) is 33.5. The van der Waals surface area contributed by atoms with E-state index in [9.17, 15) is 14.2 Å². The molecule has 0 aromatic carbocycles. The molecule has 0 aliphatic carbocycles. The van der Waals surface area contributed by atoms with E-state index in [-0.39, 0.29) is 19.4 Å². The molecule has 1 atom stereocenters. The lowest BCUT2D eigenvalue weighted by atomic mass is 10.1. The highest BCUT2D eigenvalue weighted by molar-refractivity contribution is 7.46. The van der Waals surface area contributed by atoms with Gasteiger partial charge in [-0.25, -0.2) is 4.57 Å². The van der Waals surface area contributed by atoms with Crippen LogP contribution in [0.25, 0.3) is 0 Å². The second-order valence-electron chi connectivity index (χ2n) is 11.8. The Morgan fingerprint density at radius 1 is 0.581 bits per heavy atom. The standard InChI is InChI=1S/C34H65O8P/c1-3-5-7-9-11-13-15-16-17-19-20-22-24-26-28-33(35)40-30-32(31-41-43(37,38)39)42-34(36)29-27-25-23-21-18-14-12-10-8-6-4-2/h15-16,32H,3-14,17-31H2,1-2H3,(H2,37,38,39)/b16-15+/t32-/m1/s1. The molecule has 0 amide bonds. The molecule has 0 bridgehead atoms. The lowest BCUT2D eigenvalue weighted by molar-refractivity contribution is -0.161. The molecule has 0 heterocycles. The van der Waals surface area contributed by atoms with E-state index in [1.54, 1.807) is 0 Å². The number of hydrogen-bond acceptors (Lipinski definition) is 6. The van der Waals surface area contributed by atoms with E-state index >= 15 is 0 Å². The quantitative estimate of drug-likeness (QED) is 0.0325. The number of esters is 2. The Balaban J connectivity index is 3.99. The predicted molar refractivity (Wildman–Crippen MR) is 175 cm³/mol. The number of carbonyl (C=O) groups excluding carboxylic acids is 2. The minimum Gasteiger partial charge on any atom is -0.462 e. The summed E-state index contributed by atoms with van der Waals surface area (Å²) in [6, 6.07) is 0. The van der Waals surface area contributed by atoms with Crippen LogP contribution in [0.4, 0.5) is 0 Å². The number of carbonyl (C=O) groups is 2. The van der Waals surface area contributed by atoms with E-state index in [4.69, 9.17) is 19.3 Å². The van der Waals surface area contributed by atoms with Gasteiger partial charge < -0.3 is 19.3 Å². The van der Waals surface area contributed by atoms with Crippen molar-refractivity contribution in [3.63, 3.8) is 0 Å². The monoisotopic (exact) mass is 632 g/mol. The van der Waals surface area contributed by atoms with Crippen molar-refractivity contribution in [2.75, 3.05) is 13.2 Å². The van der Waals surface area contributed by atoms with Crippen LogP contribution in [0.5, 0.6) is 0 Å². The first-order valence-corrected chi connectivity index (χ1v) is 19.0. The maximum absolute atomic E-state index is 12.3. The van der Waals surface area contributed by atoms with Gasteiger partial charge in [-0.05, 0) is 38.5 Å². The Hall–Kier alpha value is -1.21. The van der Waals surface area contributed by atoms with Crippen molar-refractivity contribution in [1.29, 1.82) is 0 Å². The van der Waals surface area contributed by atoms with Crippen LogP contribution in [0.3, 0.4) is 0 Å². The summed E-state index contributed by atoms with van der Waals surface area (Å²) in [6.07, 6.45) is 30.7. The lowest BCUT2D eigenvalue weighted by Crippen LogP contribution is -2.29. The van der Waals surface area contributed by atoms with Crippen molar-refractivity contribution in [2.24, 2.45) is 0 Å². The lowest BCUT2D eigenvalue weighted by Gasteiger charge is -2.18. The smallest absolute Gasteiger partial charge is 0.462 e. The molecule has 254 valence electrons. The van der Waals surface area contributed by atoms with Gasteiger partial charge in [-0.1, -0.05) is 135 Å². The molecule has 0 aromatic rings. The summed E-state index contributed by atoms with van der Waals surface area (Å²) >= 11 is 0. The van der Waals surface area contributed by atoms with E-state index in [0.29, 0.717) is 12.8 Å². The zero-order chi connectivity index (χ0) is 31.9. The summed E-state index contributed by atoms with van der Waals surface area (Å²) in [5.41, 5.74) is 0. The van der Waals surface area contributed by atoms with Crippen LogP contribution >= 0.6 is 7.82 Å². The van der Waals surface area contributed by atoms with Gasteiger partial charge in [0, 0.05) is 12.8 Å². The van der Waals surface area contributed by atoms with E-state index < -0.39 is 32.5 Å². The van der Waals surface area contributed by atoms with Gasteiger partial charge in [0.05, 0.1) is 6.61 Å². The van der Waals surface area contributed by atoms with Gasteiger partial charge in [-0.2, -0.15) is 0 Å². The number of allylic oxidation sites excluding steroid dienone is 2. The van der Waals surface area contributed by atoms with Gasteiger partial charge in [0.2, 0.25) is 0 Å². The molecule has 0 saturated heterocycles. The van der Waals surface area contributed by atoms with Crippen molar-refractivity contribution >= 4 is 19.8 Å². The fraction of sp³-hybridized carbons (Fsp3) is 0.882. The fourth-order valence-corrected chi connectivity index (χ4v) is 5.26. The highest BCUT2D eigenvalue weighted by atomic mass is 31.2. The normalized spacial score (nSPS) is 12.6. The number of rotatable bonds is 32. The van der Waals surface area contributed by atoms with Gasteiger partial charge in [-0.15, -0.1) is 0 Å². The third-order valence-electron chi connectivity index (χ3n) is 7.53. The second-order valence-corrected chi connectivity index (χ2v) is 13.1. The summed E-state index contributed by atoms with van der Waals surface area (Å²) < 4.78 is 26.2. The highest BCUT2D eigenvalue weighted by Crippen LogP contribution is 2.36. The first-order valence-electron chi connectivity index (χ1n) is 17.5. The molecular weight excluding hydrogens is 567 g/mol. The maximum Gasteiger partial charge on any atom is 0.469 e. The van der Waals surface area contributed by atoms with Crippen LogP contribution in [0, 0.1) is 0 Å². The molecule has 0 spiro atoms. The molecular formula is C34H65O8P. The van der Waals surface area contributed by atoms with Crippen molar-refractivity contribution in [1.82, 2.24) is 0 Å². The molecule has 2 N–H and O–H groups in total. The molecule has 0 fully saturated rings. The molecule has 0 aromatic heterocycles. The summed E-state index contributed by atoms with van der Waals surface area (Å²) in [4.78, 5) is 42.5. The zero-order valence-electron chi connectivity index (χ0n) is 27.6. The van der Waals surface area contributed by atoms with E-state index in [1.807, 2.05) is 0 Å². The van der Waals surface area contributed by atoms with E-state index in [2.05, 4.69) is 30.5 Å². The minimum absolute atomic E-state index is 0.214. The first-order chi connectivity index (χ1) is 20.8.